The molecule has 0 saturated carbocycles. The summed E-state index contributed by atoms with van der Waals surface area (Å²) in [7, 11) is 0. The van der Waals surface area contributed by atoms with E-state index in [1.165, 1.54) is 4.88 Å². The summed E-state index contributed by atoms with van der Waals surface area (Å²) in [5, 5.41) is 16.3. The van der Waals surface area contributed by atoms with Gasteiger partial charge in [0, 0.05) is 21.2 Å². The molecule has 0 fully saturated rings. The van der Waals surface area contributed by atoms with Crippen LogP contribution in [-0.2, 0) is 6.42 Å². The number of halogens is 1. The van der Waals surface area contributed by atoms with Gasteiger partial charge in [-0.25, -0.2) is 0 Å². The second kappa shape index (κ2) is 6.28. The van der Waals surface area contributed by atoms with E-state index in [0.717, 1.165) is 29.6 Å². The van der Waals surface area contributed by atoms with Gasteiger partial charge in [-0.1, -0.05) is 6.92 Å². The van der Waals surface area contributed by atoms with E-state index >= 15 is 0 Å². The van der Waals surface area contributed by atoms with Crippen molar-refractivity contribution in [2.45, 2.75) is 25.8 Å². The molecule has 0 aliphatic heterocycles. The molecular formula is C11H15BrN4S. The zero-order valence-electron chi connectivity index (χ0n) is 9.61. The molecule has 0 saturated heterocycles. The zero-order valence-corrected chi connectivity index (χ0v) is 12.0. The second-order valence-electron chi connectivity index (χ2n) is 3.84. The van der Waals surface area contributed by atoms with Crippen LogP contribution < -0.4 is 5.32 Å². The average Bonchev–Trinajstić information content (AvgIpc) is 2.95. The van der Waals surface area contributed by atoms with Gasteiger partial charge < -0.3 is 5.32 Å². The van der Waals surface area contributed by atoms with E-state index in [4.69, 9.17) is 0 Å². The molecule has 2 aromatic heterocycles. The van der Waals surface area contributed by atoms with E-state index in [0.29, 0.717) is 0 Å². The molecule has 0 spiro atoms. The summed E-state index contributed by atoms with van der Waals surface area (Å²) < 4.78 is 1.15. The van der Waals surface area contributed by atoms with E-state index < -0.39 is 0 Å². The number of aromatic amines is 1. The van der Waals surface area contributed by atoms with Gasteiger partial charge in [-0.15, -0.1) is 11.3 Å². The minimum atomic E-state index is 0.235. The Kier molecular flexibility index (Phi) is 4.70. The average molecular weight is 315 g/mol. The molecule has 2 N–H and O–H groups in total. The highest BCUT2D eigenvalue weighted by molar-refractivity contribution is 9.10. The summed E-state index contributed by atoms with van der Waals surface area (Å²) in [5.74, 6) is 0. The molecule has 4 nitrogen and oxygen atoms in total. The molecule has 2 heterocycles. The Hall–Kier alpha value is -0.720. The molecule has 0 aliphatic rings. The first-order valence-corrected chi connectivity index (χ1v) is 7.28. The Bertz CT molecular complexity index is 440. The van der Waals surface area contributed by atoms with E-state index in [2.05, 4.69) is 55.0 Å². The number of H-pyrrole nitrogens is 1. The summed E-state index contributed by atoms with van der Waals surface area (Å²) in [5.41, 5.74) is 0.975. The Morgan fingerprint density at radius 3 is 3.06 bits per heavy atom. The van der Waals surface area contributed by atoms with Crippen molar-refractivity contribution in [2.75, 3.05) is 6.54 Å². The summed E-state index contributed by atoms with van der Waals surface area (Å²) in [6.45, 7) is 3.15. The first kappa shape index (κ1) is 12.7. The molecule has 1 unspecified atom stereocenters. The van der Waals surface area contributed by atoms with Crippen LogP contribution in [0.4, 0.5) is 0 Å². The van der Waals surface area contributed by atoms with E-state index in [9.17, 15) is 0 Å². The number of nitrogens with zero attached hydrogens (tertiary/aromatic N) is 2. The van der Waals surface area contributed by atoms with Gasteiger partial charge in [0.15, 0.2) is 0 Å². The largest absolute Gasteiger partial charge is 0.308 e. The molecule has 6 heteroatoms. The smallest absolute Gasteiger partial charge is 0.0997 e. The normalized spacial score (nSPS) is 12.8. The second-order valence-corrected chi connectivity index (χ2v) is 5.75. The Labute approximate surface area is 113 Å². The standard InChI is InChI=1S/C11H15BrN4S/c1-2-3-13-10(11-6-14-16-15-11)5-9-4-8(12)7-17-9/h4,6-7,10,13H,2-3,5H2,1H3,(H,14,15,16). The highest BCUT2D eigenvalue weighted by Gasteiger charge is 2.15. The van der Waals surface area contributed by atoms with Crippen molar-refractivity contribution in [1.29, 1.82) is 0 Å². The van der Waals surface area contributed by atoms with Crippen molar-refractivity contribution in [2.24, 2.45) is 0 Å². The van der Waals surface area contributed by atoms with Gasteiger partial charge in [0.1, 0.15) is 0 Å². The predicted molar refractivity (Wildman–Crippen MR) is 73.1 cm³/mol. The number of hydrogen-bond acceptors (Lipinski definition) is 4. The third-order valence-electron chi connectivity index (χ3n) is 2.46. The van der Waals surface area contributed by atoms with E-state index in [1.807, 2.05) is 0 Å². The summed E-state index contributed by atoms with van der Waals surface area (Å²) in [4.78, 5) is 1.34. The van der Waals surface area contributed by atoms with Gasteiger partial charge in [-0.3, -0.25) is 0 Å². The van der Waals surface area contributed by atoms with Crippen molar-refractivity contribution in [3.8, 4) is 0 Å². The topological polar surface area (TPSA) is 53.6 Å². The fourth-order valence-electron chi connectivity index (χ4n) is 1.64. The van der Waals surface area contributed by atoms with Crippen molar-refractivity contribution >= 4 is 27.3 Å². The molecule has 0 bridgehead atoms. The van der Waals surface area contributed by atoms with Gasteiger partial charge in [0.25, 0.3) is 0 Å². The first-order valence-electron chi connectivity index (χ1n) is 5.61. The highest BCUT2D eigenvalue weighted by Crippen LogP contribution is 2.24. The Balaban J connectivity index is 2.05. The quantitative estimate of drug-likeness (QED) is 0.862. The molecule has 2 rings (SSSR count). The fraction of sp³-hybridized carbons (Fsp3) is 0.455. The third-order valence-corrected chi connectivity index (χ3v) is 4.18. The summed E-state index contributed by atoms with van der Waals surface area (Å²) >= 11 is 5.24. The molecule has 0 radical (unpaired) electrons. The van der Waals surface area contributed by atoms with Crippen LogP contribution in [-0.4, -0.2) is 22.0 Å². The lowest BCUT2D eigenvalue weighted by Gasteiger charge is -2.14. The number of hydrogen-bond donors (Lipinski definition) is 2. The van der Waals surface area contributed by atoms with Crippen LogP contribution in [0.3, 0.4) is 0 Å². The fourth-order valence-corrected chi connectivity index (χ4v) is 3.14. The molecule has 2 aromatic rings. The van der Waals surface area contributed by atoms with Crippen LogP contribution in [0, 0.1) is 0 Å². The zero-order chi connectivity index (χ0) is 12.1. The van der Waals surface area contributed by atoms with Gasteiger partial charge in [0.2, 0.25) is 0 Å². The first-order chi connectivity index (χ1) is 8.29. The molecular weight excluding hydrogens is 300 g/mol. The van der Waals surface area contributed by atoms with Crippen LogP contribution in [0.1, 0.15) is 30.0 Å². The predicted octanol–water partition coefficient (Wildman–Crippen LogP) is 2.91. The van der Waals surface area contributed by atoms with Crippen LogP contribution in [0.5, 0.6) is 0 Å². The monoisotopic (exact) mass is 314 g/mol. The van der Waals surface area contributed by atoms with E-state index in [-0.39, 0.29) is 6.04 Å². The van der Waals surface area contributed by atoms with Crippen LogP contribution in [0.2, 0.25) is 0 Å². The van der Waals surface area contributed by atoms with Crippen molar-refractivity contribution in [1.82, 2.24) is 20.7 Å². The lowest BCUT2D eigenvalue weighted by molar-refractivity contribution is 0.519. The van der Waals surface area contributed by atoms with Crippen LogP contribution in [0.25, 0.3) is 0 Å². The lowest BCUT2D eigenvalue weighted by Crippen LogP contribution is -2.24. The summed E-state index contributed by atoms with van der Waals surface area (Å²) in [6, 6.07) is 2.39. The molecule has 0 aromatic carbocycles. The number of nitrogens with one attached hydrogen (secondary N) is 2. The minimum absolute atomic E-state index is 0.235. The highest BCUT2D eigenvalue weighted by atomic mass is 79.9. The van der Waals surface area contributed by atoms with Crippen molar-refractivity contribution in [3.05, 3.63) is 32.7 Å². The maximum absolute atomic E-state index is 4.17. The molecule has 1 atom stereocenters. The van der Waals surface area contributed by atoms with Crippen molar-refractivity contribution in [3.63, 3.8) is 0 Å². The molecule has 92 valence electrons. The SMILES string of the molecule is CCCNC(Cc1cc(Br)cs1)c1cn[nH]n1. The Morgan fingerprint density at radius 2 is 2.47 bits per heavy atom. The van der Waals surface area contributed by atoms with Gasteiger partial charge in [0.05, 0.1) is 17.9 Å². The minimum Gasteiger partial charge on any atom is -0.308 e. The molecule has 0 amide bonds. The van der Waals surface area contributed by atoms with Gasteiger partial charge >= 0.3 is 0 Å². The number of rotatable bonds is 6. The molecule has 17 heavy (non-hydrogen) atoms. The number of thiophene rings is 1. The number of aromatic nitrogens is 3. The van der Waals surface area contributed by atoms with E-state index in [1.54, 1.807) is 17.5 Å². The van der Waals surface area contributed by atoms with Gasteiger partial charge in [-0.2, -0.15) is 15.4 Å². The lowest BCUT2D eigenvalue weighted by atomic mass is 10.1. The van der Waals surface area contributed by atoms with Crippen LogP contribution >= 0.6 is 27.3 Å². The molecule has 0 aliphatic carbocycles. The summed E-state index contributed by atoms with van der Waals surface area (Å²) in [6.07, 6.45) is 3.85. The van der Waals surface area contributed by atoms with Crippen molar-refractivity contribution < 1.29 is 0 Å². The Morgan fingerprint density at radius 1 is 1.59 bits per heavy atom. The maximum atomic E-state index is 4.17. The maximum Gasteiger partial charge on any atom is 0.0997 e. The van der Waals surface area contributed by atoms with Crippen LogP contribution in [0.15, 0.2) is 22.1 Å². The van der Waals surface area contributed by atoms with Gasteiger partial charge in [-0.05, 0) is 35.0 Å². The third kappa shape index (κ3) is 3.62.